The highest BCUT2D eigenvalue weighted by atomic mass is 16.5. The fraction of sp³-hybridized carbons (Fsp3) is 0.500. The summed E-state index contributed by atoms with van der Waals surface area (Å²) in [6.07, 6.45) is 1.67. The molecule has 0 spiro atoms. The first-order chi connectivity index (χ1) is 9.26. The molecular formula is C14H21NO4. The lowest BCUT2D eigenvalue weighted by atomic mass is 10.3. The molecule has 1 amide bonds. The zero-order valence-electron chi connectivity index (χ0n) is 11.2. The predicted octanol–water partition coefficient (Wildman–Crippen LogP) is 1.35. The van der Waals surface area contributed by atoms with Gasteiger partial charge in [0.25, 0.3) is 0 Å². The van der Waals surface area contributed by atoms with Crippen molar-refractivity contribution in [2.75, 3.05) is 26.9 Å². The van der Waals surface area contributed by atoms with Crippen LogP contribution >= 0.6 is 0 Å². The molecule has 0 unspecified atom stereocenters. The fourth-order valence-electron chi connectivity index (χ4n) is 1.51. The van der Waals surface area contributed by atoms with E-state index in [1.807, 2.05) is 18.2 Å². The maximum Gasteiger partial charge on any atom is 0.220 e. The van der Waals surface area contributed by atoms with E-state index in [1.165, 1.54) is 0 Å². The van der Waals surface area contributed by atoms with E-state index in [1.54, 1.807) is 13.2 Å². The molecule has 0 radical (unpaired) electrons. The number of carbonyl (C=O) groups is 1. The second-order valence-electron chi connectivity index (χ2n) is 4.06. The standard InChI is InChI=1S/C14H21NO4/c1-18-12-5-2-6-13(11-12)19-10-3-7-14(17)15-8-4-9-16/h2,5-6,11,16H,3-4,7-10H2,1H3,(H,15,17). The molecule has 0 aromatic heterocycles. The summed E-state index contributed by atoms with van der Waals surface area (Å²) < 4.78 is 10.6. The molecular weight excluding hydrogens is 246 g/mol. The Labute approximate surface area is 113 Å². The fourth-order valence-corrected chi connectivity index (χ4v) is 1.51. The van der Waals surface area contributed by atoms with Crippen LogP contribution in [-0.4, -0.2) is 37.9 Å². The van der Waals surface area contributed by atoms with Crippen LogP contribution in [0.1, 0.15) is 19.3 Å². The number of ether oxygens (including phenoxy) is 2. The lowest BCUT2D eigenvalue weighted by molar-refractivity contribution is -0.121. The molecule has 0 atom stereocenters. The lowest BCUT2D eigenvalue weighted by Gasteiger charge is -2.08. The molecule has 106 valence electrons. The summed E-state index contributed by atoms with van der Waals surface area (Å²) in [5.74, 6) is 1.47. The molecule has 2 N–H and O–H groups in total. The van der Waals surface area contributed by atoms with Crippen molar-refractivity contribution in [2.45, 2.75) is 19.3 Å². The summed E-state index contributed by atoms with van der Waals surface area (Å²) in [5.41, 5.74) is 0. The highest BCUT2D eigenvalue weighted by Crippen LogP contribution is 2.18. The van der Waals surface area contributed by atoms with Crippen LogP contribution in [-0.2, 0) is 4.79 Å². The summed E-state index contributed by atoms with van der Waals surface area (Å²) in [4.78, 5) is 11.4. The first kappa shape index (κ1) is 15.3. The summed E-state index contributed by atoms with van der Waals surface area (Å²) in [5, 5.41) is 11.3. The number of aliphatic hydroxyl groups excluding tert-OH is 1. The van der Waals surface area contributed by atoms with Crippen LogP contribution in [0.3, 0.4) is 0 Å². The van der Waals surface area contributed by atoms with E-state index in [0.29, 0.717) is 32.4 Å². The third-order valence-electron chi connectivity index (χ3n) is 2.52. The molecule has 1 aromatic carbocycles. The zero-order valence-corrected chi connectivity index (χ0v) is 11.2. The minimum atomic E-state index is -0.0114. The SMILES string of the molecule is COc1cccc(OCCCC(=O)NCCCO)c1. The summed E-state index contributed by atoms with van der Waals surface area (Å²) in [7, 11) is 1.61. The Hall–Kier alpha value is -1.75. The van der Waals surface area contributed by atoms with Crippen molar-refractivity contribution in [2.24, 2.45) is 0 Å². The molecule has 0 fully saturated rings. The van der Waals surface area contributed by atoms with E-state index in [9.17, 15) is 4.79 Å². The lowest BCUT2D eigenvalue weighted by Crippen LogP contribution is -2.25. The van der Waals surface area contributed by atoms with E-state index >= 15 is 0 Å². The average molecular weight is 267 g/mol. The van der Waals surface area contributed by atoms with Gasteiger partial charge in [-0.3, -0.25) is 4.79 Å². The number of amides is 1. The second kappa shape index (κ2) is 9.22. The van der Waals surface area contributed by atoms with Gasteiger partial charge < -0.3 is 19.9 Å². The van der Waals surface area contributed by atoms with Crippen LogP contribution in [0.2, 0.25) is 0 Å². The summed E-state index contributed by atoms with van der Waals surface area (Å²) in [6.45, 7) is 1.10. The van der Waals surface area contributed by atoms with Crippen molar-refractivity contribution in [1.29, 1.82) is 0 Å². The minimum Gasteiger partial charge on any atom is -0.497 e. The molecule has 0 heterocycles. The molecule has 0 saturated carbocycles. The van der Waals surface area contributed by atoms with Gasteiger partial charge in [0.15, 0.2) is 0 Å². The van der Waals surface area contributed by atoms with Crippen molar-refractivity contribution in [3.63, 3.8) is 0 Å². The van der Waals surface area contributed by atoms with Crippen LogP contribution in [0.25, 0.3) is 0 Å². The molecule has 19 heavy (non-hydrogen) atoms. The number of carbonyl (C=O) groups excluding carboxylic acids is 1. The van der Waals surface area contributed by atoms with Crippen molar-refractivity contribution >= 4 is 5.91 Å². The van der Waals surface area contributed by atoms with Crippen molar-refractivity contribution in [3.8, 4) is 11.5 Å². The summed E-state index contributed by atoms with van der Waals surface area (Å²) in [6, 6.07) is 7.36. The Bertz CT molecular complexity index is 381. The first-order valence-electron chi connectivity index (χ1n) is 6.40. The number of hydrogen-bond acceptors (Lipinski definition) is 4. The molecule has 0 saturated heterocycles. The van der Waals surface area contributed by atoms with Crippen molar-refractivity contribution < 1.29 is 19.4 Å². The van der Waals surface area contributed by atoms with Crippen LogP contribution in [0, 0.1) is 0 Å². The smallest absolute Gasteiger partial charge is 0.220 e. The Balaban J connectivity index is 2.14. The highest BCUT2D eigenvalue weighted by molar-refractivity contribution is 5.75. The molecule has 0 bridgehead atoms. The van der Waals surface area contributed by atoms with E-state index in [0.717, 1.165) is 11.5 Å². The second-order valence-corrected chi connectivity index (χ2v) is 4.06. The van der Waals surface area contributed by atoms with Crippen LogP contribution < -0.4 is 14.8 Å². The Kier molecular flexibility index (Phi) is 7.43. The zero-order chi connectivity index (χ0) is 13.9. The molecule has 1 aromatic rings. The molecule has 1 rings (SSSR count). The maximum atomic E-state index is 11.4. The largest absolute Gasteiger partial charge is 0.497 e. The van der Waals surface area contributed by atoms with Crippen LogP contribution in [0.5, 0.6) is 11.5 Å². The third-order valence-corrected chi connectivity index (χ3v) is 2.52. The Morgan fingerprint density at radius 1 is 1.32 bits per heavy atom. The highest BCUT2D eigenvalue weighted by Gasteiger charge is 2.01. The Morgan fingerprint density at radius 2 is 2.11 bits per heavy atom. The first-order valence-corrected chi connectivity index (χ1v) is 6.40. The monoisotopic (exact) mass is 267 g/mol. The number of methoxy groups -OCH3 is 1. The number of aliphatic hydroxyl groups is 1. The summed E-state index contributed by atoms with van der Waals surface area (Å²) >= 11 is 0. The van der Waals surface area contributed by atoms with E-state index in [4.69, 9.17) is 14.6 Å². The van der Waals surface area contributed by atoms with Crippen molar-refractivity contribution in [3.05, 3.63) is 24.3 Å². The quantitative estimate of drug-likeness (QED) is 0.663. The van der Waals surface area contributed by atoms with Gasteiger partial charge in [0.05, 0.1) is 13.7 Å². The number of benzene rings is 1. The number of rotatable bonds is 9. The maximum absolute atomic E-state index is 11.4. The average Bonchev–Trinajstić information content (AvgIpc) is 2.44. The van der Waals surface area contributed by atoms with Crippen molar-refractivity contribution in [1.82, 2.24) is 5.32 Å². The van der Waals surface area contributed by atoms with Gasteiger partial charge in [-0.1, -0.05) is 6.07 Å². The van der Waals surface area contributed by atoms with Gasteiger partial charge in [0.1, 0.15) is 11.5 Å². The van der Waals surface area contributed by atoms with Gasteiger partial charge in [0, 0.05) is 25.6 Å². The van der Waals surface area contributed by atoms with Gasteiger partial charge >= 0.3 is 0 Å². The van der Waals surface area contributed by atoms with Gasteiger partial charge in [-0.15, -0.1) is 0 Å². The van der Waals surface area contributed by atoms with Crippen LogP contribution in [0.15, 0.2) is 24.3 Å². The number of nitrogens with one attached hydrogen (secondary N) is 1. The van der Waals surface area contributed by atoms with Gasteiger partial charge in [-0.05, 0) is 25.0 Å². The normalized spacial score (nSPS) is 10.0. The molecule has 5 heteroatoms. The van der Waals surface area contributed by atoms with Gasteiger partial charge in [-0.25, -0.2) is 0 Å². The predicted molar refractivity (Wildman–Crippen MR) is 72.4 cm³/mol. The number of hydrogen-bond donors (Lipinski definition) is 2. The van der Waals surface area contributed by atoms with E-state index in [2.05, 4.69) is 5.32 Å². The van der Waals surface area contributed by atoms with Crippen LogP contribution in [0.4, 0.5) is 0 Å². The Morgan fingerprint density at radius 3 is 2.84 bits per heavy atom. The molecule has 0 aliphatic rings. The third kappa shape index (κ3) is 6.67. The van der Waals surface area contributed by atoms with E-state index in [-0.39, 0.29) is 12.5 Å². The topological polar surface area (TPSA) is 67.8 Å². The molecule has 0 aliphatic heterocycles. The molecule has 0 aliphatic carbocycles. The van der Waals surface area contributed by atoms with E-state index < -0.39 is 0 Å². The minimum absolute atomic E-state index is 0.0114. The molecule has 5 nitrogen and oxygen atoms in total. The van der Waals surface area contributed by atoms with Gasteiger partial charge in [-0.2, -0.15) is 0 Å². The van der Waals surface area contributed by atoms with Gasteiger partial charge in [0.2, 0.25) is 5.91 Å².